The van der Waals surface area contributed by atoms with Gasteiger partial charge in [0, 0.05) is 33.4 Å². The summed E-state index contributed by atoms with van der Waals surface area (Å²) in [6.45, 7) is 0. The van der Waals surface area contributed by atoms with Crippen molar-refractivity contribution in [1.29, 1.82) is 0 Å². The first kappa shape index (κ1) is 40.5. The Morgan fingerprint density at radius 1 is 0.221 bits per heavy atom. The van der Waals surface area contributed by atoms with Crippen molar-refractivity contribution in [2.45, 2.75) is 0 Å². The second kappa shape index (κ2) is 17.8. The normalized spacial score (nSPS) is 11.2. The van der Waals surface area contributed by atoms with Gasteiger partial charge < -0.3 is 9.47 Å². The summed E-state index contributed by atoms with van der Waals surface area (Å²) in [5.41, 5.74) is 21.2. The van der Waals surface area contributed by atoms with Crippen LogP contribution in [0.3, 0.4) is 0 Å². The molecule has 0 fully saturated rings. The average Bonchev–Trinajstić information content (AvgIpc) is 3.76. The monoisotopic (exact) mass is 866 g/mol. The molecule has 0 atom stereocenters. The molecule has 1 aromatic heterocycles. The summed E-state index contributed by atoms with van der Waals surface area (Å²) in [5, 5.41) is 2.50. The third kappa shape index (κ3) is 7.74. The molecule has 0 aliphatic rings. The quantitative estimate of drug-likeness (QED) is 0.133. The van der Waals surface area contributed by atoms with Crippen LogP contribution in [0.2, 0.25) is 0 Å². The minimum absolute atomic E-state index is 1.09. The van der Waals surface area contributed by atoms with E-state index in [4.69, 9.17) is 0 Å². The Labute approximate surface area is 397 Å². The summed E-state index contributed by atoms with van der Waals surface area (Å²) >= 11 is 0. The third-order valence-corrected chi connectivity index (χ3v) is 13.3. The molecule has 0 saturated heterocycles. The van der Waals surface area contributed by atoms with E-state index in [0.29, 0.717) is 0 Å². The molecule has 2 heteroatoms. The van der Waals surface area contributed by atoms with Crippen LogP contribution >= 0.6 is 0 Å². The second-order valence-electron chi connectivity index (χ2n) is 17.3. The zero-order valence-electron chi connectivity index (χ0n) is 37.5. The molecule has 2 nitrogen and oxygen atoms in total. The maximum absolute atomic E-state index is 2.43. The first-order valence-corrected chi connectivity index (χ1v) is 23.3. The van der Waals surface area contributed by atoms with Gasteiger partial charge in [-0.2, -0.15) is 0 Å². The zero-order valence-corrected chi connectivity index (χ0v) is 37.5. The number of aromatic nitrogens is 1. The van der Waals surface area contributed by atoms with Crippen LogP contribution in [0.15, 0.2) is 279 Å². The van der Waals surface area contributed by atoms with Crippen molar-refractivity contribution in [2.75, 3.05) is 4.90 Å². The largest absolute Gasteiger partial charge is 0.311 e. The van der Waals surface area contributed by atoms with Crippen LogP contribution in [0.5, 0.6) is 0 Å². The Morgan fingerprint density at radius 2 is 0.544 bits per heavy atom. The van der Waals surface area contributed by atoms with Crippen molar-refractivity contribution in [1.82, 2.24) is 4.57 Å². The van der Waals surface area contributed by atoms with Crippen LogP contribution < -0.4 is 4.90 Å². The molecule has 0 aliphatic carbocycles. The fourth-order valence-electron chi connectivity index (χ4n) is 9.77. The first-order valence-electron chi connectivity index (χ1n) is 23.3. The number of nitrogens with zero attached hydrogens (tertiary/aromatic N) is 2. The zero-order chi connectivity index (χ0) is 45.2. The molecule has 12 rings (SSSR count). The van der Waals surface area contributed by atoms with Crippen LogP contribution in [-0.2, 0) is 0 Å². The summed E-state index contributed by atoms with van der Waals surface area (Å²) in [4.78, 5) is 2.35. The van der Waals surface area contributed by atoms with Gasteiger partial charge in [0.1, 0.15) is 0 Å². The van der Waals surface area contributed by atoms with E-state index in [1.807, 2.05) is 0 Å². The van der Waals surface area contributed by atoms with E-state index < -0.39 is 0 Å². The Balaban J connectivity index is 0.854. The number of rotatable bonds is 10. The van der Waals surface area contributed by atoms with Gasteiger partial charge in [-0.25, -0.2) is 0 Å². The Hall–Kier alpha value is -8.98. The van der Waals surface area contributed by atoms with E-state index in [1.54, 1.807) is 0 Å². The van der Waals surface area contributed by atoms with Gasteiger partial charge in [0.2, 0.25) is 0 Å². The predicted octanol–water partition coefficient (Wildman–Crippen LogP) is 18.3. The van der Waals surface area contributed by atoms with E-state index in [0.717, 1.165) is 22.7 Å². The van der Waals surface area contributed by atoms with Gasteiger partial charge in [0.25, 0.3) is 0 Å². The van der Waals surface area contributed by atoms with E-state index >= 15 is 0 Å². The second-order valence-corrected chi connectivity index (χ2v) is 17.3. The molecule has 0 bridgehead atoms. The highest BCUT2D eigenvalue weighted by Gasteiger charge is 2.18. The van der Waals surface area contributed by atoms with Gasteiger partial charge in [-0.15, -0.1) is 0 Å². The molecule has 320 valence electrons. The van der Waals surface area contributed by atoms with Crippen molar-refractivity contribution in [2.24, 2.45) is 0 Å². The van der Waals surface area contributed by atoms with E-state index in [9.17, 15) is 0 Å². The van der Waals surface area contributed by atoms with Crippen LogP contribution in [0.25, 0.3) is 94.3 Å². The molecule has 68 heavy (non-hydrogen) atoms. The third-order valence-electron chi connectivity index (χ3n) is 13.3. The molecule has 11 aromatic carbocycles. The van der Waals surface area contributed by atoms with Crippen LogP contribution in [-0.4, -0.2) is 4.57 Å². The lowest BCUT2D eigenvalue weighted by molar-refractivity contribution is 1.18. The Morgan fingerprint density at radius 3 is 1.01 bits per heavy atom. The SMILES string of the molecule is c1ccc(-c2ccc(-c3ccc(N(c4ccc(-c5ccccc5)cc4)c4ccc(-c5ccc(-c6ccccc6-n6c7ccccc7c7cc(-c8ccccc8)ccc76)cc5)cc4)cc3)cc2)cc1. The highest BCUT2D eigenvalue weighted by Crippen LogP contribution is 2.40. The standard InChI is InChI=1S/C66H46N2/c1-4-14-47(15-5-1)50-24-26-51(27-25-50)54-34-41-59(42-35-54)67(58-39-32-53(33-40-58)48-16-6-2-7-17-48)60-43-36-55(37-44-60)52-28-30-56(31-29-52)61-20-10-12-22-64(61)68-65-23-13-11-21-62(65)63-46-57(38-45-66(63)68)49-18-8-3-9-19-49/h1-46H. The molecule has 0 unspecified atom stereocenters. The van der Waals surface area contributed by atoms with Crippen LogP contribution in [0, 0.1) is 0 Å². The molecule has 0 radical (unpaired) electrons. The van der Waals surface area contributed by atoms with Gasteiger partial charge in [-0.05, 0) is 122 Å². The van der Waals surface area contributed by atoms with E-state index in [2.05, 4.69) is 289 Å². The summed E-state index contributed by atoms with van der Waals surface area (Å²) < 4.78 is 2.43. The average molecular weight is 867 g/mol. The lowest BCUT2D eigenvalue weighted by atomic mass is 9.98. The number of anilines is 3. The molecular weight excluding hydrogens is 821 g/mol. The van der Waals surface area contributed by atoms with Crippen molar-refractivity contribution in [3.8, 4) is 72.4 Å². The minimum atomic E-state index is 1.09. The lowest BCUT2D eigenvalue weighted by Crippen LogP contribution is -2.09. The van der Waals surface area contributed by atoms with E-state index in [1.165, 1.54) is 88.6 Å². The molecule has 0 N–H and O–H groups in total. The Kier molecular flexibility index (Phi) is 10.6. The fourth-order valence-corrected chi connectivity index (χ4v) is 9.77. The molecule has 0 amide bonds. The number of hydrogen-bond acceptors (Lipinski definition) is 1. The summed E-state index contributed by atoms with van der Waals surface area (Å²) in [6.07, 6.45) is 0. The van der Waals surface area contributed by atoms with Gasteiger partial charge in [0.15, 0.2) is 0 Å². The van der Waals surface area contributed by atoms with Gasteiger partial charge >= 0.3 is 0 Å². The molecule has 0 spiro atoms. The Bertz CT molecular complexity index is 3650. The smallest absolute Gasteiger partial charge is 0.0541 e. The molecule has 1 heterocycles. The van der Waals surface area contributed by atoms with Gasteiger partial charge in [-0.1, -0.05) is 218 Å². The number of para-hydroxylation sites is 2. The highest BCUT2D eigenvalue weighted by molar-refractivity contribution is 6.11. The molecule has 0 saturated carbocycles. The number of benzene rings is 11. The molecule has 0 aliphatic heterocycles. The van der Waals surface area contributed by atoms with E-state index in [-0.39, 0.29) is 0 Å². The summed E-state index contributed by atoms with van der Waals surface area (Å²) in [5.74, 6) is 0. The summed E-state index contributed by atoms with van der Waals surface area (Å²) in [7, 11) is 0. The predicted molar refractivity (Wildman–Crippen MR) is 288 cm³/mol. The van der Waals surface area contributed by atoms with Crippen molar-refractivity contribution < 1.29 is 0 Å². The minimum Gasteiger partial charge on any atom is -0.311 e. The number of hydrogen-bond donors (Lipinski definition) is 0. The topological polar surface area (TPSA) is 8.17 Å². The highest BCUT2D eigenvalue weighted by atomic mass is 15.1. The maximum Gasteiger partial charge on any atom is 0.0541 e. The first-order chi connectivity index (χ1) is 33.7. The maximum atomic E-state index is 2.43. The van der Waals surface area contributed by atoms with Crippen molar-refractivity contribution in [3.63, 3.8) is 0 Å². The fraction of sp³-hybridized carbons (Fsp3) is 0. The van der Waals surface area contributed by atoms with Gasteiger partial charge in [-0.3, -0.25) is 0 Å². The summed E-state index contributed by atoms with van der Waals surface area (Å²) in [6, 6.07) is 101. The molecule has 12 aromatic rings. The van der Waals surface area contributed by atoms with Crippen molar-refractivity contribution >= 4 is 38.9 Å². The van der Waals surface area contributed by atoms with Crippen LogP contribution in [0.1, 0.15) is 0 Å². The lowest BCUT2D eigenvalue weighted by Gasteiger charge is -2.26. The van der Waals surface area contributed by atoms with Gasteiger partial charge in [0.05, 0.1) is 16.7 Å². The van der Waals surface area contributed by atoms with Crippen LogP contribution in [0.4, 0.5) is 17.1 Å². The number of fused-ring (bicyclic) bond motifs is 3. The van der Waals surface area contributed by atoms with Crippen molar-refractivity contribution in [3.05, 3.63) is 279 Å². The molecular formula is C66H46N2.